The van der Waals surface area contributed by atoms with Gasteiger partial charge in [-0.05, 0) is 5.92 Å². The summed E-state index contributed by atoms with van der Waals surface area (Å²) in [4.78, 5) is 7.94. The molecule has 4 N–H and O–H groups in total. The summed E-state index contributed by atoms with van der Waals surface area (Å²) in [6.07, 6.45) is 1.51. The average Bonchev–Trinajstić information content (AvgIpc) is 2.16. The number of hydrogen-bond acceptors (Lipinski definition) is 5. The fourth-order valence-electron chi connectivity index (χ4n) is 0.861. The zero-order chi connectivity index (χ0) is 10.6. The van der Waals surface area contributed by atoms with E-state index in [0.29, 0.717) is 22.7 Å². The molecule has 0 saturated carbocycles. The Bertz CT molecular complexity index is 302. The maximum absolute atomic E-state index is 5.88. The van der Waals surface area contributed by atoms with E-state index in [9.17, 15) is 0 Å². The van der Waals surface area contributed by atoms with Crippen molar-refractivity contribution in [2.45, 2.75) is 13.8 Å². The molecule has 0 aliphatic rings. The van der Waals surface area contributed by atoms with Gasteiger partial charge in [-0.15, -0.1) is 0 Å². The van der Waals surface area contributed by atoms with Crippen molar-refractivity contribution >= 4 is 23.4 Å². The molecule has 1 aromatic heterocycles. The summed E-state index contributed by atoms with van der Waals surface area (Å²) >= 11 is 5.88. The third kappa shape index (κ3) is 3.01. The molecule has 0 aliphatic heterocycles. The van der Waals surface area contributed by atoms with E-state index in [2.05, 4.69) is 34.6 Å². The molecule has 14 heavy (non-hydrogen) atoms. The van der Waals surface area contributed by atoms with Gasteiger partial charge in [0, 0.05) is 6.54 Å². The Hall–Kier alpha value is -1.07. The number of nitrogens with one attached hydrogen (secondary N) is 2. The number of aromatic nitrogens is 2. The molecule has 1 aromatic rings. The Morgan fingerprint density at radius 3 is 2.86 bits per heavy atom. The van der Waals surface area contributed by atoms with Crippen LogP contribution in [0.15, 0.2) is 6.20 Å². The lowest BCUT2D eigenvalue weighted by Gasteiger charge is -2.10. The monoisotopic (exact) mass is 215 g/mol. The van der Waals surface area contributed by atoms with E-state index in [1.54, 1.807) is 0 Å². The second-order valence-corrected chi connectivity index (χ2v) is 3.72. The van der Waals surface area contributed by atoms with Gasteiger partial charge in [0.2, 0.25) is 5.95 Å². The first-order chi connectivity index (χ1) is 6.63. The van der Waals surface area contributed by atoms with Gasteiger partial charge < -0.3 is 5.32 Å². The van der Waals surface area contributed by atoms with E-state index in [1.807, 2.05) is 0 Å². The molecule has 0 aromatic carbocycles. The third-order valence-corrected chi connectivity index (χ3v) is 1.83. The number of hydrogen-bond donors (Lipinski definition) is 3. The summed E-state index contributed by atoms with van der Waals surface area (Å²) in [7, 11) is 0. The fraction of sp³-hybridized carbons (Fsp3) is 0.500. The second kappa shape index (κ2) is 4.97. The highest BCUT2D eigenvalue weighted by Crippen LogP contribution is 2.19. The van der Waals surface area contributed by atoms with Crippen molar-refractivity contribution in [1.29, 1.82) is 0 Å². The third-order valence-electron chi connectivity index (χ3n) is 1.55. The molecule has 78 valence electrons. The molecule has 1 heterocycles. The quantitative estimate of drug-likeness (QED) is 0.524. The minimum absolute atomic E-state index is 0.348. The summed E-state index contributed by atoms with van der Waals surface area (Å²) in [6, 6.07) is 0. The van der Waals surface area contributed by atoms with Crippen LogP contribution in [-0.2, 0) is 0 Å². The Morgan fingerprint density at radius 2 is 2.29 bits per heavy atom. The van der Waals surface area contributed by atoms with Crippen LogP contribution in [0.2, 0.25) is 5.02 Å². The molecule has 0 radical (unpaired) electrons. The van der Waals surface area contributed by atoms with Crippen LogP contribution in [-0.4, -0.2) is 16.5 Å². The maximum Gasteiger partial charge on any atom is 0.239 e. The van der Waals surface area contributed by atoms with Crippen molar-refractivity contribution in [2.24, 2.45) is 11.8 Å². The summed E-state index contributed by atoms with van der Waals surface area (Å²) in [5, 5.41) is 3.60. The molecular weight excluding hydrogens is 202 g/mol. The number of hydrazine groups is 1. The van der Waals surface area contributed by atoms with Gasteiger partial charge in [0.05, 0.1) is 6.20 Å². The van der Waals surface area contributed by atoms with Gasteiger partial charge >= 0.3 is 0 Å². The summed E-state index contributed by atoms with van der Waals surface area (Å²) in [5.41, 5.74) is 2.36. The zero-order valence-corrected chi connectivity index (χ0v) is 8.97. The van der Waals surface area contributed by atoms with Crippen LogP contribution in [0.4, 0.5) is 11.8 Å². The molecule has 6 heteroatoms. The largest absolute Gasteiger partial charge is 0.368 e. The van der Waals surface area contributed by atoms with Crippen LogP contribution < -0.4 is 16.6 Å². The van der Waals surface area contributed by atoms with Crippen LogP contribution in [0.25, 0.3) is 0 Å². The van der Waals surface area contributed by atoms with Crippen molar-refractivity contribution in [3.8, 4) is 0 Å². The average molecular weight is 216 g/mol. The van der Waals surface area contributed by atoms with Crippen molar-refractivity contribution in [2.75, 3.05) is 17.3 Å². The highest BCUT2D eigenvalue weighted by Gasteiger charge is 2.04. The van der Waals surface area contributed by atoms with E-state index >= 15 is 0 Å². The maximum atomic E-state index is 5.88. The molecule has 0 fully saturated rings. The number of halogens is 1. The van der Waals surface area contributed by atoms with Gasteiger partial charge in [-0.3, -0.25) is 5.43 Å². The number of nitrogen functional groups attached to an aromatic ring is 1. The minimum atomic E-state index is 0.348. The smallest absolute Gasteiger partial charge is 0.239 e. The normalized spacial score (nSPS) is 10.4. The van der Waals surface area contributed by atoms with Crippen LogP contribution in [0, 0.1) is 5.92 Å². The number of anilines is 2. The molecule has 0 bridgehead atoms. The standard InChI is InChI=1S/C8H14ClN5/c1-5(2)3-11-7-6(9)4-12-8(13-7)14-10/h4-5H,3,10H2,1-2H3,(H2,11,12,13,14). The van der Waals surface area contributed by atoms with Crippen molar-refractivity contribution in [3.63, 3.8) is 0 Å². The second-order valence-electron chi connectivity index (χ2n) is 3.31. The SMILES string of the molecule is CC(C)CNc1nc(NN)ncc1Cl. The minimum Gasteiger partial charge on any atom is -0.368 e. The molecule has 0 atom stereocenters. The summed E-state index contributed by atoms with van der Waals surface area (Å²) in [5.74, 6) is 6.65. The van der Waals surface area contributed by atoms with E-state index in [-0.39, 0.29) is 0 Å². The van der Waals surface area contributed by atoms with Crippen molar-refractivity contribution in [1.82, 2.24) is 9.97 Å². The van der Waals surface area contributed by atoms with Crippen LogP contribution >= 0.6 is 11.6 Å². The molecule has 5 nitrogen and oxygen atoms in total. The van der Waals surface area contributed by atoms with Crippen molar-refractivity contribution < 1.29 is 0 Å². The zero-order valence-electron chi connectivity index (χ0n) is 8.21. The molecule has 0 aliphatic carbocycles. The number of nitrogens with zero attached hydrogens (tertiary/aromatic N) is 2. The Balaban J connectivity index is 2.73. The van der Waals surface area contributed by atoms with Gasteiger partial charge in [-0.1, -0.05) is 25.4 Å². The van der Waals surface area contributed by atoms with Crippen LogP contribution in [0.5, 0.6) is 0 Å². The number of nitrogens with two attached hydrogens (primary N) is 1. The van der Waals surface area contributed by atoms with E-state index in [4.69, 9.17) is 17.4 Å². The van der Waals surface area contributed by atoms with E-state index < -0.39 is 0 Å². The lowest BCUT2D eigenvalue weighted by Crippen LogP contribution is -2.14. The molecule has 0 amide bonds. The fourth-order valence-corrected chi connectivity index (χ4v) is 1.02. The first-order valence-electron chi connectivity index (χ1n) is 4.36. The van der Waals surface area contributed by atoms with E-state index in [1.165, 1.54) is 6.20 Å². The van der Waals surface area contributed by atoms with Gasteiger partial charge in [0.25, 0.3) is 0 Å². The first-order valence-corrected chi connectivity index (χ1v) is 4.74. The Morgan fingerprint density at radius 1 is 1.57 bits per heavy atom. The van der Waals surface area contributed by atoms with E-state index in [0.717, 1.165) is 6.54 Å². The van der Waals surface area contributed by atoms with Gasteiger partial charge in [0.15, 0.2) is 5.82 Å². The molecule has 0 unspecified atom stereocenters. The Kier molecular flexibility index (Phi) is 3.91. The lowest BCUT2D eigenvalue weighted by atomic mass is 10.2. The predicted octanol–water partition coefficient (Wildman–Crippen LogP) is 1.48. The highest BCUT2D eigenvalue weighted by atomic mass is 35.5. The van der Waals surface area contributed by atoms with Crippen LogP contribution in [0.1, 0.15) is 13.8 Å². The lowest BCUT2D eigenvalue weighted by molar-refractivity contribution is 0.687. The molecule has 0 saturated heterocycles. The predicted molar refractivity (Wildman–Crippen MR) is 58.2 cm³/mol. The van der Waals surface area contributed by atoms with Crippen LogP contribution in [0.3, 0.4) is 0 Å². The molecule has 1 rings (SSSR count). The first kappa shape index (κ1) is 11.0. The molecule has 0 spiro atoms. The summed E-state index contributed by atoms with van der Waals surface area (Å²) in [6.45, 7) is 5.01. The topological polar surface area (TPSA) is 75.9 Å². The van der Waals surface area contributed by atoms with Gasteiger partial charge in [-0.25, -0.2) is 10.8 Å². The summed E-state index contributed by atoms with van der Waals surface area (Å²) < 4.78 is 0. The number of rotatable bonds is 4. The highest BCUT2D eigenvalue weighted by molar-refractivity contribution is 6.32. The van der Waals surface area contributed by atoms with Crippen molar-refractivity contribution in [3.05, 3.63) is 11.2 Å². The molecular formula is C8H14ClN5. The van der Waals surface area contributed by atoms with Gasteiger partial charge in [0.1, 0.15) is 5.02 Å². The Labute approximate surface area is 88.0 Å². The van der Waals surface area contributed by atoms with Gasteiger partial charge in [-0.2, -0.15) is 4.98 Å².